The van der Waals surface area contributed by atoms with Crippen LogP contribution < -0.4 is 16.6 Å². The van der Waals surface area contributed by atoms with E-state index in [9.17, 15) is 0 Å². The fraction of sp³-hybridized carbons (Fsp3) is 0.0833. The lowest BCUT2D eigenvalue weighted by molar-refractivity contribution is 1.22. The molecule has 7 heteroatoms. The molecule has 4 N–H and O–H groups in total. The fourth-order valence-electron chi connectivity index (χ4n) is 1.46. The van der Waals surface area contributed by atoms with Gasteiger partial charge in [0.25, 0.3) is 0 Å². The predicted octanol–water partition coefficient (Wildman–Crippen LogP) is 4.49. The standard InChI is InChI=1S/C12H11BrCl2N4/c1-6-2-3-7(4-8(6)13)17-11-9(14)5-10(15)12(18-11)19-16/h2-5H,16H2,1H3,(H2,17,18,19). The van der Waals surface area contributed by atoms with Crippen molar-refractivity contribution in [3.8, 4) is 0 Å². The van der Waals surface area contributed by atoms with Gasteiger partial charge in [0.15, 0.2) is 11.6 Å². The number of nitrogens with one attached hydrogen (secondary N) is 2. The maximum atomic E-state index is 6.09. The maximum absolute atomic E-state index is 6.09. The number of rotatable bonds is 3. The van der Waals surface area contributed by atoms with Crippen LogP contribution in [0.25, 0.3) is 0 Å². The number of nitrogens with zero attached hydrogens (tertiary/aromatic N) is 1. The number of nitrogen functional groups attached to an aromatic ring is 1. The van der Waals surface area contributed by atoms with Crippen LogP contribution in [-0.2, 0) is 0 Å². The van der Waals surface area contributed by atoms with E-state index in [1.807, 2.05) is 25.1 Å². The van der Waals surface area contributed by atoms with Gasteiger partial charge in [0.1, 0.15) is 0 Å². The van der Waals surface area contributed by atoms with Crippen LogP contribution >= 0.6 is 39.1 Å². The van der Waals surface area contributed by atoms with E-state index in [1.165, 1.54) is 0 Å². The molecule has 1 aromatic heterocycles. The Hall–Kier alpha value is -1.01. The Morgan fingerprint density at radius 2 is 1.84 bits per heavy atom. The second-order valence-corrected chi connectivity index (χ2v) is 5.55. The maximum Gasteiger partial charge on any atom is 0.161 e. The van der Waals surface area contributed by atoms with Crippen molar-refractivity contribution < 1.29 is 0 Å². The van der Waals surface area contributed by atoms with Crippen LogP contribution in [0.4, 0.5) is 17.3 Å². The van der Waals surface area contributed by atoms with Crippen molar-refractivity contribution in [1.29, 1.82) is 0 Å². The summed E-state index contributed by atoms with van der Waals surface area (Å²) in [4.78, 5) is 4.21. The van der Waals surface area contributed by atoms with Crippen molar-refractivity contribution in [3.05, 3.63) is 44.3 Å². The van der Waals surface area contributed by atoms with Gasteiger partial charge in [0, 0.05) is 10.2 Å². The summed E-state index contributed by atoms with van der Waals surface area (Å²) < 4.78 is 1.000. The van der Waals surface area contributed by atoms with Crippen LogP contribution in [-0.4, -0.2) is 4.98 Å². The first kappa shape index (κ1) is 14.4. The summed E-state index contributed by atoms with van der Waals surface area (Å²) in [5.74, 6) is 6.17. The van der Waals surface area contributed by atoms with Crippen molar-refractivity contribution in [2.75, 3.05) is 10.7 Å². The number of nitrogens with two attached hydrogens (primary N) is 1. The van der Waals surface area contributed by atoms with Crippen molar-refractivity contribution in [1.82, 2.24) is 4.98 Å². The summed E-state index contributed by atoms with van der Waals surface area (Å²) in [6.07, 6.45) is 0. The van der Waals surface area contributed by atoms with Crippen LogP contribution in [0.5, 0.6) is 0 Å². The number of benzene rings is 1. The smallest absolute Gasteiger partial charge is 0.161 e. The minimum Gasteiger partial charge on any atom is -0.339 e. The van der Waals surface area contributed by atoms with E-state index < -0.39 is 0 Å². The second kappa shape index (κ2) is 5.96. The monoisotopic (exact) mass is 360 g/mol. The zero-order valence-electron chi connectivity index (χ0n) is 9.97. The van der Waals surface area contributed by atoms with Gasteiger partial charge in [-0.2, -0.15) is 0 Å². The Morgan fingerprint density at radius 1 is 1.16 bits per heavy atom. The molecule has 0 radical (unpaired) electrons. The van der Waals surface area contributed by atoms with Crippen molar-refractivity contribution in [2.45, 2.75) is 6.92 Å². The lowest BCUT2D eigenvalue weighted by Crippen LogP contribution is -2.10. The lowest BCUT2D eigenvalue weighted by Gasteiger charge is -2.11. The second-order valence-electron chi connectivity index (χ2n) is 3.88. The van der Waals surface area contributed by atoms with Gasteiger partial charge in [0.2, 0.25) is 0 Å². The van der Waals surface area contributed by atoms with Crippen molar-refractivity contribution >= 4 is 56.5 Å². The number of aryl methyl sites for hydroxylation is 1. The zero-order valence-corrected chi connectivity index (χ0v) is 13.1. The Bertz CT molecular complexity index is 619. The van der Waals surface area contributed by atoms with Gasteiger partial charge in [-0.05, 0) is 30.7 Å². The van der Waals surface area contributed by atoms with Gasteiger partial charge >= 0.3 is 0 Å². The fourth-order valence-corrected chi connectivity index (χ4v) is 2.30. The molecule has 2 aromatic rings. The molecule has 0 saturated heterocycles. The Labute approximate surface area is 129 Å². The topological polar surface area (TPSA) is 63.0 Å². The van der Waals surface area contributed by atoms with E-state index in [0.29, 0.717) is 21.7 Å². The highest BCUT2D eigenvalue weighted by Gasteiger charge is 2.09. The van der Waals surface area contributed by atoms with E-state index in [4.69, 9.17) is 29.0 Å². The van der Waals surface area contributed by atoms with Crippen LogP contribution in [0.3, 0.4) is 0 Å². The van der Waals surface area contributed by atoms with Gasteiger partial charge in [-0.15, -0.1) is 0 Å². The number of aromatic nitrogens is 1. The highest BCUT2D eigenvalue weighted by molar-refractivity contribution is 9.10. The van der Waals surface area contributed by atoms with Gasteiger partial charge in [-0.1, -0.05) is 45.2 Å². The van der Waals surface area contributed by atoms with Crippen molar-refractivity contribution in [2.24, 2.45) is 5.84 Å². The molecule has 0 aliphatic rings. The first-order valence-corrected chi connectivity index (χ1v) is 6.92. The molecule has 19 heavy (non-hydrogen) atoms. The van der Waals surface area contributed by atoms with E-state index in [2.05, 4.69) is 31.7 Å². The molecule has 4 nitrogen and oxygen atoms in total. The average Bonchev–Trinajstić information content (AvgIpc) is 2.37. The van der Waals surface area contributed by atoms with Gasteiger partial charge in [-0.3, -0.25) is 0 Å². The minimum atomic E-state index is 0.361. The predicted molar refractivity (Wildman–Crippen MR) is 84.2 cm³/mol. The van der Waals surface area contributed by atoms with E-state index >= 15 is 0 Å². The summed E-state index contributed by atoms with van der Waals surface area (Å²) in [5.41, 5.74) is 4.42. The van der Waals surface area contributed by atoms with Gasteiger partial charge in [-0.25, -0.2) is 10.8 Å². The molecule has 0 bridgehead atoms. The van der Waals surface area contributed by atoms with E-state index in [-0.39, 0.29) is 0 Å². The molecule has 0 unspecified atom stereocenters. The molecule has 0 saturated carbocycles. The molecule has 0 fully saturated rings. The molecule has 0 aliphatic carbocycles. The zero-order chi connectivity index (χ0) is 14.0. The molecule has 1 aromatic carbocycles. The third kappa shape index (κ3) is 3.30. The highest BCUT2D eigenvalue weighted by atomic mass is 79.9. The first-order chi connectivity index (χ1) is 9.01. The minimum absolute atomic E-state index is 0.361. The Morgan fingerprint density at radius 3 is 2.47 bits per heavy atom. The molecule has 1 heterocycles. The molecular formula is C12H11BrCl2N4. The normalized spacial score (nSPS) is 10.4. The molecule has 0 atom stereocenters. The number of hydrazine groups is 1. The number of hydrogen-bond donors (Lipinski definition) is 3. The SMILES string of the molecule is Cc1ccc(Nc2nc(NN)c(Cl)cc2Cl)cc1Br. The highest BCUT2D eigenvalue weighted by Crippen LogP contribution is 2.31. The Kier molecular flexibility index (Phi) is 4.52. The number of hydrogen-bond acceptors (Lipinski definition) is 4. The average molecular weight is 362 g/mol. The molecule has 100 valence electrons. The molecule has 0 spiro atoms. The molecule has 2 rings (SSSR count). The molecule has 0 aliphatic heterocycles. The van der Waals surface area contributed by atoms with Crippen LogP contribution in [0, 0.1) is 6.92 Å². The first-order valence-electron chi connectivity index (χ1n) is 5.37. The summed E-state index contributed by atoms with van der Waals surface area (Å²) in [5, 5.41) is 3.90. The van der Waals surface area contributed by atoms with Crippen LogP contribution in [0.2, 0.25) is 10.0 Å². The number of pyridine rings is 1. The number of halogens is 3. The van der Waals surface area contributed by atoms with Gasteiger partial charge < -0.3 is 10.7 Å². The van der Waals surface area contributed by atoms with E-state index in [0.717, 1.165) is 15.7 Å². The summed E-state index contributed by atoms with van der Waals surface area (Å²) in [6.45, 7) is 2.01. The van der Waals surface area contributed by atoms with Crippen molar-refractivity contribution in [3.63, 3.8) is 0 Å². The summed E-state index contributed by atoms with van der Waals surface area (Å²) in [6, 6.07) is 7.44. The Balaban J connectivity index is 2.34. The van der Waals surface area contributed by atoms with E-state index in [1.54, 1.807) is 6.07 Å². The largest absolute Gasteiger partial charge is 0.339 e. The number of anilines is 3. The molecular weight excluding hydrogens is 351 g/mol. The molecule has 0 amide bonds. The summed E-state index contributed by atoms with van der Waals surface area (Å²) in [7, 11) is 0. The third-order valence-electron chi connectivity index (χ3n) is 2.50. The third-order valence-corrected chi connectivity index (χ3v) is 3.93. The van der Waals surface area contributed by atoms with Gasteiger partial charge in [0.05, 0.1) is 10.0 Å². The summed E-state index contributed by atoms with van der Waals surface area (Å²) >= 11 is 15.5. The lowest BCUT2D eigenvalue weighted by atomic mass is 10.2. The van der Waals surface area contributed by atoms with Crippen LogP contribution in [0.1, 0.15) is 5.56 Å². The quantitative estimate of drug-likeness (QED) is 0.556. The van der Waals surface area contributed by atoms with Crippen LogP contribution in [0.15, 0.2) is 28.7 Å².